The molecule has 0 radical (unpaired) electrons. The highest BCUT2D eigenvalue weighted by atomic mass is 32.2. The monoisotopic (exact) mass is 241 g/mol. The highest BCUT2D eigenvalue weighted by molar-refractivity contribution is 8.06. The van der Waals surface area contributed by atoms with E-state index in [0.717, 1.165) is 17.5 Å². The van der Waals surface area contributed by atoms with Crippen molar-refractivity contribution >= 4 is 35.0 Å². The maximum Gasteiger partial charge on any atom is 0.125 e. The van der Waals surface area contributed by atoms with E-state index in [0.29, 0.717) is 5.82 Å². The van der Waals surface area contributed by atoms with Gasteiger partial charge in [-0.3, -0.25) is 0 Å². The zero-order valence-electron chi connectivity index (χ0n) is 8.48. The van der Waals surface area contributed by atoms with Crippen molar-refractivity contribution in [3.8, 4) is 0 Å². The average molecular weight is 241 g/mol. The summed E-state index contributed by atoms with van der Waals surface area (Å²) in [4.78, 5) is 3.96. The summed E-state index contributed by atoms with van der Waals surface area (Å²) >= 11 is 4.10. The van der Waals surface area contributed by atoms with Crippen LogP contribution in [0.3, 0.4) is 0 Å². The number of hydrogen-bond donors (Lipinski definition) is 2. The fraction of sp³-hybridized carbons (Fsp3) is 0.500. The Kier molecular flexibility index (Phi) is 4.02. The van der Waals surface area contributed by atoms with E-state index in [9.17, 15) is 0 Å². The number of aromatic nitrogens is 1. The number of thioether (sulfide) groups is 2. The van der Waals surface area contributed by atoms with Gasteiger partial charge in [0.25, 0.3) is 0 Å². The molecule has 5 heteroatoms. The lowest BCUT2D eigenvalue weighted by Gasteiger charge is -2.21. The normalized spacial score (nSPS) is 21.2. The minimum absolute atomic E-state index is 0.575. The van der Waals surface area contributed by atoms with Gasteiger partial charge >= 0.3 is 0 Å². The number of anilines is 2. The van der Waals surface area contributed by atoms with Crippen molar-refractivity contribution < 1.29 is 0 Å². The van der Waals surface area contributed by atoms with Crippen molar-refractivity contribution in [2.24, 2.45) is 0 Å². The van der Waals surface area contributed by atoms with E-state index in [1.807, 2.05) is 23.9 Å². The maximum absolute atomic E-state index is 5.61. The second-order valence-electron chi connectivity index (χ2n) is 3.42. The van der Waals surface area contributed by atoms with Gasteiger partial charge in [0.2, 0.25) is 0 Å². The Balaban J connectivity index is 1.81. The molecule has 15 heavy (non-hydrogen) atoms. The molecule has 0 spiro atoms. The van der Waals surface area contributed by atoms with Gasteiger partial charge in [-0.2, -0.15) is 23.5 Å². The number of nitrogens with zero attached hydrogens (tertiary/aromatic N) is 1. The third-order valence-corrected chi connectivity index (χ3v) is 5.04. The van der Waals surface area contributed by atoms with Crippen molar-refractivity contribution in [3.05, 3.63) is 18.3 Å². The van der Waals surface area contributed by atoms with Gasteiger partial charge in [-0.1, -0.05) is 0 Å². The van der Waals surface area contributed by atoms with E-state index >= 15 is 0 Å². The predicted octanol–water partition coefficient (Wildman–Crippen LogP) is 1.92. The second kappa shape index (κ2) is 5.51. The van der Waals surface area contributed by atoms with E-state index in [4.69, 9.17) is 5.73 Å². The molecule has 3 N–H and O–H groups in total. The Morgan fingerprint density at radius 2 is 2.47 bits per heavy atom. The van der Waals surface area contributed by atoms with Crippen molar-refractivity contribution in [1.82, 2.24) is 4.98 Å². The van der Waals surface area contributed by atoms with Gasteiger partial charge in [-0.25, -0.2) is 4.98 Å². The summed E-state index contributed by atoms with van der Waals surface area (Å²) in [6, 6.07) is 3.83. The van der Waals surface area contributed by atoms with E-state index in [2.05, 4.69) is 22.1 Å². The van der Waals surface area contributed by atoms with Gasteiger partial charge in [0.15, 0.2) is 0 Å². The van der Waals surface area contributed by atoms with Gasteiger partial charge in [0.1, 0.15) is 5.82 Å². The quantitative estimate of drug-likeness (QED) is 0.847. The third-order valence-electron chi connectivity index (χ3n) is 2.20. The summed E-state index contributed by atoms with van der Waals surface area (Å²) < 4.78 is 0. The molecule has 1 unspecified atom stereocenters. The fourth-order valence-corrected chi connectivity index (χ4v) is 4.06. The standard InChI is InChI=1S/C10H15N3S2/c11-10-5-8(1-2-12-10)13-6-9-7-14-3-4-15-9/h1-2,5,9H,3-4,6-7H2,(H3,11,12,13). The highest BCUT2D eigenvalue weighted by Gasteiger charge is 2.13. The first-order chi connectivity index (χ1) is 7.34. The van der Waals surface area contributed by atoms with Crippen molar-refractivity contribution in [3.63, 3.8) is 0 Å². The molecule has 1 aromatic heterocycles. The second-order valence-corrected chi connectivity index (χ2v) is 5.98. The summed E-state index contributed by atoms with van der Waals surface area (Å²) in [6.45, 7) is 1.02. The molecule has 0 saturated carbocycles. The molecule has 0 aromatic carbocycles. The number of rotatable bonds is 3. The molecular weight excluding hydrogens is 226 g/mol. The Hall–Kier alpha value is -0.550. The van der Waals surface area contributed by atoms with Crippen LogP contribution in [0.25, 0.3) is 0 Å². The number of nitrogens with two attached hydrogens (primary N) is 1. The summed E-state index contributed by atoms with van der Waals surface area (Å²) in [5, 5.41) is 4.12. The third kappa shape index (κ3) is 3.50. The van der Waals surface area contributed by atoms with Crippen molar-refractivity contribution in [2.75, 3.05) is 34.9 Å². The number of nitrogen functional groups attached to an aromatic ring is 1. The van der Waals surface area contributed by atoms with Gasteiger partial charge in [0, 0.05) is 47.0 Å². The lowest BCUT2D eigenvalue weighted by Crippen LogP contribution is -2.23. The van der Waals surface area contributed by atoms with Gasteiger partial charge in [-0.15, -0.1) is 0 Å². The summed E-state index contributed by atoms with van der Waals surface area (Å²) in [7, 11) is 0. The Morgan fingerprint density at radius 3 is 3.20 bits per heavy atom. The fourth-order valence-electron chi connectivity index (χ4n) is 1.44. The molecule has 2 rings (SSSR count). The van der Waals surface area contributed by atoms with E-state index in [1.165, 1.54) is 17.3 Å². The zero-order chi connectivity index (χ0) is 10.5. The molecule has 1 aromatic rings. The van der Waals surface area contributed by atoms with E-state index < -0.39 is 0 Å². The largest absolute Gasteiger partial charge is 0.384 e. The topological polar surface area (TPSA) is 50.9 Å². The molecule has 2 heterocycles. The van der Waals surface area contributed by atoms with Crippen LogP contribution in [-0.4, -0.2) is 34.0 Å². The zero-order valence-corrected chi connectivity index (χ0v) is 10.1. The van der Waals surface area contributed by atoms with Crippen LogP contribution in [0.15, 0.2) is 18.3 Å². The van der Waals surface area contributed by atoms with Crippen molar-refractivity contribution in [1.29, 1.82) is 0 Å². The lowest BCUT2D eigenvalue weighted by molar-refractivity contribution is 1.00. The molecule has 1 aliphatic heterocycles. The minimum Gasteiger partial charge on any atom is -0.384 e. The Morgan fingerprint density at radius 1 is 1.53 bits per heavy atom. The Labute approximate surface area is 98.6 Å². The average Bonchev–Trinajstić information content (AvgIpc) is 2.28. The molecule has 1 atom stereocenters. The number of hydrogen-bond acceptors (Lipinski definition) is 5. The van der Waals surface area contributed by atoms with Crippen LogP contribution in [0.1, 0.15) is 0 Å². The first-order valence-corrected chi connectivity index (χ1v) is 7.20. The molecule has 3 nitrogen and oxygen atoms in total. The number of nitrogens with one attached hydrogen (secondary N) is 1. The van der Waals surface area contributed by atoms with Gasteiger partial charge < -0.3 is 11.1 Å². The molecule has 0 amide bonds. The van der Waals surface area contributed by atoms with Crippen LogP contribution >= 0.6 is 23.5 Å². The van der Waals surface area contributed by atoms with Crippen LogP contribution in [0.4, 0.5) is 11.5 Å². The predicted molar refractivity (Wildman–Crippen MR) is 70.7 cm³/mol. The van der Waals surface area contributed by atoms with E-state index in [1.54, 1.807) is 6.20 Å². The van der Waals surface area contributed by atoms with Gasteiger partial charge in [-0.05, 0) is 6.07 Å². The lowest BCUT2D eigenvalue weighted by atomic mass is 10.3. The Bertz CT molecular complexity index is 313. The van der Waals surface area contributed by atoms with Crippen molar-refractivity contribution in [2.45, 2.75) is 5.25 Å². The summed E-state index contributed by atoms with van der Waals surface area (Å²) in [6.07, 6.45) is 1.74. The van der Waals surface area contributed by atoms with Crippen LogP contribution in [0, 0.1) is 0 Å². The number of pyridine rings is 1. The first kappa shape index (κ1) is 11.0. The molecule has 0 aliphatic carbocycles. The van der Waals surface area contributed by atoms with Crippen LogP contribution in [0.5, 0.6) is 0 Å². The molecule has 0 bridgehead atoms. The van der Waals surface area contributed by atoms with Gasteiger partial charge in [0.05, 0.1) is 0 Å². The van der Waals surface area contributed by atoms with Crippen LogP contribution in [0.2, 0.25) is 0 Å². The first-order valence-electron chi connectivity index (χ1n) is 4.99. The molecule has 1 saturated heterocycles. The minimum atomic E-state index is 0.575. The van der Waals surface area contributed by atoms with Crippen LogP contribution < -0.4 is 11.1 Å². The SMILES string of the molecule is Nc1cc(NCC2CSCCS2)ccn1. The highest BCUT2D eigenvalue weighted by Crippen LogP contribution is 2.24. The van der Waals surface area contributed by atoms with E-state index in [-0.39, 0.29) is 0 Å². The van der Waals surface area contributed by atoms with Crippen LogP contribution in [-0.2, 0) is 0 Å². The smallest absolute Gasteiger partial charge is 0.125 e. The molecule has 1 aliphatic rings. The molecular formula is C10H15N3S2. The molecule has 82 valence electrons. The summed E-state index contributed by atoms with van der Waals surface area (Å²) in [5.41, 5.74) is 6.68. The molecule has 1 fully saturated rings. The summed E-state index contributed by atoms with van der Waals surface area (Å²) in [5.74, 6) is 4.39. The maximum atomic E-state index is 5.61.